The first-order chi connectivity index (χ1) is 23.8. The quantitative estimate of drug-likeness (QED) is 0.176. The van der Waals surface area contributed by atoms with E-state index in [-0.39, 0.29) is 25.5 Å². The van der Waals surface area contributed by atoms with Gasteiger partial charge in [-0.1, -0.05) is 87.0 Å². The normalized spacial score (nSPS) is 11.6. The number of hydrogen-bond donors (Lipinski definition) is 1. The van der Waals surface area contributed by atoms with E-state index in [4.69, 9.17) is 9.40 Å². The molecule has 5 aromatic carbocycles. The number of anilines is 2. The van der Waals surface area contributed by atoms with E-state index in [1.807, 2.05) is 60.8 Å². The van der Waals surface area contributed by atoms with Crippen molar-refractivity contribution in [1.82, 2.24) is 9.97 Å². The molecule has 1 aliphatic heterocycles. The van der Waals surface area contributed by atoms with E-state index in [0.717, 1.165) is 67.0 Å². The Hall–Kier alpha value is -5.35. The summed E-state index contributed by atoms with van der Waals surface area (Å²) in [7, 11) is 0. The van der Waals surface area contributed by atoms with Gasteiger partial charge in [0.05, 0.1) is 5.69 Å². The van der Waals surface area contributed by atoms with Gasteiger partial charge < -0.3 is 19.7 Å². The predicted octanol–water partition coefficient (Wildman–Crippen LogP) is 12.0. The molecule has 9 rings (SSSR count). The number of nitrogens with one attached hydrogen (secondary N) is 1. The van der Waals surface area contributed by atoms with Gasteiger partial charge in [0.15, 0.2) is 5.58 Å². The Kier molecular flexibility index (Phi) is 8.96. The summed E-state index contributed by atoms with van der Waals surface area (Å²) in [5.41, 5.74) is 14.9. The van der Waals surface area contributed by atoms with Crippen LogP contribution in [0, 0.1) is 19.1 Å². The molecule has 0 saturated heterocycles. The average molecular weight is 826 g/mol. The van der Waals surface area contributed by atoms with Gasteiger partial charge in [0.2, 0.25) is 0 Å². The molecule has 0 unspecified atom stereocenters. The van der Waals surface area contributed by atoms with Crippen molar-refractivity contribution in [1.29, 1.82) is 0 Å². The van der Waals surface area contributed by atoms with Crippen molar-refractivity contribution < 1.29 is 24.5 Å². The van der Waals surface area contributed by atoms with E-state index < -0.39 is 0 Å². The molecule has 0 aliphatic carbocycles. The van der Waals surface area contributed by atoms with Crippen molar-refractivity contribution in [2.24, 2.45) is 0 Å². The topological polar surface area (TPSA) is 51.0 Å². The van der Waals surface area contributed by atoms with Crippen molar-refractivity contribution in [2.45, 2.75) is 33.1 Å². The minimum Gasteiger partial charge on any atom is -0.454 e. The summed E-state index contributed by atoms with van der Waals surface area (Å²) in [6, 6.07) is 48.1. The zero-order chi connectivity index (χ0) is 33.5. The molecule has 0 amide bonds. The predicted molar refractivity (Wildman–Crippen MR) is 202 cm³/mol. The molecular weight excluding hydrogens is 791 g/mol. The first-order valence-corrected chi connectivity index (χ1v) is 16.6. The SMILES string of the molecule is Cc1c2cccc1-c1ccc3c(oc4ccccc43)c1Nc1c[c-]c(-c3cc(C(C)(C)C)ccn3)cc1-2.[Ir].[c-]1ccccc1-c1ccccn1. The Balaban J connectivity index is 0.000000255. The zero-order valence-electron chi connectivity index (χ0n) is 28.3. The molecule has 0 fully saturated rings. The first-order valence-electron chi connectivity index (χ1n) is 16.6. The van der Waals surface area contributed by atoms with Crippen LogP contribution in [0.15, 0.2) is 138 Å². The molecule has 1 radical (unpaired) electrons. The fraction of sp³-hybridized carbons (Fsp3) is 0.111. The third kappa shape index (κ3) is 6.15. The van der Waals surface area contributed by atoms with Crippen LogP contribution in [0.25, 0.3) is 66.7 Å². The van der Waals surface area contributed by atoms with Gasteiger partial charge in [-0.2, -0.15) is 0 Å². The minimum atomic E-state index is 0. The molecule has 4 heterocycles. The van der Waals surface area contributed by atoms with Crippen LogP contribution in [0.1, 0.15) is 31.9 Å². The van der Waals surface area contributed by atoms with Gasteiger partial charge >= 0.3 is 0 Å². The molecule has 8 aromatic rings. The van der Waals surface area contributed by atoms with Crippen LogP contribution in [-0.4, -0.2) is 9.97 Å². The number of pyridine rings is 2. The molecule has 0 saturated carbocycles. The fourth-order valence-electron chi connectivity index (χ4n) is 6.58. The maximum Gasteiger partial charge on any atom is 0.158 e. The van der Waals surface area contributed by atoms with Gasteiger partial charge in [-0.25, -0.2) is 0 Å². The molecule has 4 nitrogen and oxygen atoms in total. The molecule has 2 bridgehead atoms. The maximum atomic E-state index is 6.43. The number of nitrogens with zero attached hydrogens (tertiary/aromatic N) is 2. The number of fused-ring (bicyclic) bond motifs is 10. The number of hydrogen-bond acceptors (Lipinski definition) is 4. The molecule has 50 heavy (non-hydrogen) atoms. The standard InChI is InChI=1S/C34H27N2O.C11H8N.Ir/c1-20-23-9-7-10-24(20)28-18-21(30-19-22(16-17-35-30)34(2,3)4)12-15-29(28)36-32-26(23)13-14-27-25-8-5-6-11-31(25)37-33(27)32;1-2-6-10(7-3-1)11-8-4-5-9-12-11;/h5-11,13-19,36H,1-4H3;1-6,8-9H;/q2*-1;. The Morgan fingerprint density at radius 1 is 0.640 bits per heavy atom. The van der Waals surface area contributed by atoms with Crippen molar-refractivity contribution in [2.75, 3.05) is 5.32 Å². The van der Waals surface area contributed by atoms with E-state index in [0.29, 0.717) is 0 Å². The monoisotopic (exact) mass is 826 g/mol. The third-order valence-electron chi connectivity index (χ3n) is 9.22. The second kappa shape index (κ2) is 13.5. The largest absolute Gasteiger partial charge is 0.454 e. The van der Waals surface area contributed by atoms with Crippen LogP contribution in [0.3, 0.4) is 0 Å². The number of rotatable bonds is 2. The van der Waals surface area contributed by atoms with Crippen molar-refractivity contribution >= 4 is 33.3 Å². The summed E-state index contributed by atoms with van der Waals surface area (Å²) < 4.78 is 6.43. The van der Waals surface area contributed by atoms with Gasteiger partial charge in [-0.3, -0.25) is 0 Å². The van der Waals surface area contributed by atoms with Crippen LogP contribution >= 0.6 is 0 Å². The number of benzene rings is 5. The summed E-state index contributed by atoms with van der Waals surface area (Å²) in [6.45, 7) is 8.89. The summed E-state index contributed by atoms with van der Waals surface area (Å²) in [5.74, 6) is 0. The molecular formula is C45H35IrN3O-2. The maximum absolute atomic E-state index is 6.43. The van der Waals surface area contributed by atoms with Crippen LogP contribution < -0.4 is 5.32 Å². The van der Waals surface area contributed by atoms with Gasteiger partial charge in [-0.05, 0) is 75.9 Å². The van der Waals surface area contributed by atoms with E-state index in [2.05, 4.69) is 117 Å². The van der Waals surface area contributed by atoms with Gasteiger partial charge in [0.25, 0.3) is 0 Å². The van der Waals surface area contributed by atoms with E-state index in [9.17, 15) is 0 Å². The number of aromatic nitrogens is 2. The summed E-state index contributed by atoms with van der Waals surface area (Å²) in [6.07, 6.45) is 3.69. The van der Waals surface area contributed by atoms with Gasteiger partial charge in [0.1, 0.15) is 5.58 Å². The summed E-state index contributed by atoms with van der Waals surface area (Å²) in [5, 5.41) is 6.00. The van der Waals surface area contributed by atoms with E-state index >= 15 is 0 Å². The molecule has 247 valence electrons. The molecule has 0 spiro atoms. The zero-order valence-corrected chi connectivity index (χ0v) is 30.7. The van der Waals surface area contributed by atoms with Crippen LogP contribution in [0.2, 0.25) is 0 Å². The van der Waals surface area contributed by atoms with Crippen LogP contribution in [0.4, 0.5) is 11.4 Å². The molecule has 1 aliphatic rings. The van der Waals surface area contributed by atoms with E-state index in [1.54, 1.807) is 6.20 Å². The van der Waals surface area contributed by atoms with Crippen LogP contribution in [0.5, 0.6) is 0 Å². The smallest absolute Gasteiger partial charge is 0.158 e. The third-order valence-corrected chi connectivity index (χ3v) is 9.22. The fourth-order valence-corrected chi connectivity index (χ4v) is 6.58. The van der Waals surface area contributed by atoms with Gasteiger partial charge in [0, 0.05) is 48.8 Å². The van der Waals surface area contributed by atoms with Crippen molar-refractivity contribution in [3.05, 3.63) is 157 Å². The van der Waals surface area contributed by atoms with Gasteiger partial charge in [-0.15, -0.1) is 59.7 Å². The Bertz CT molecular complexity index is 2420. The summed E-state index contributed by atoms with van der Waals surface area (Å²) >= 11 is 0. The first kappa shape index (κ1) is 33.2. The molecule has 3 aromatic heterocycles. The minimum absolute atomic E-state index is 0. The Labute approximate surface area is 306 Å². The Morgan fingerprint density at radius 2 is 1.42 bits per heavy atom. The number of furan rings is 1. The second-order valence-electron chi connectivity index (χ2n) is 13.4. The van der Waals surface area contributed by atoms with Crippen molar-refractivity contribution in [3.8, 4) is 44.8 Å². The Morgan fingerprint density at radius 3 is 2.20 bits per heavy atom. The number of para-hydroxylation sites is 1. The van der Waals surface area contributed by atoms with Crippen molar-refractivity contribution in [3.63, 3.8) is 0 Å². The average Bonchev–Trinajstić information content (AvgIpc) is 3.52. The van der Waals surface area contributed by atoms with E-state index in [1.165, 1.54) is 22.3 Å². The molecule has 0 atom stereocenters. The van der Waals surface area contributed by atoms with Crippen LogP contribution in [-0.2, 0) is 25.5 Å². The summed E-state index contributed by atoms with van der Waals surface area (Å²) in [4.78, 5) is 8.92. The second-order valence-corrected chi connectivity index (χ2v) is 13.4. The molecule has 5 heteroatoms. The molecule has 1 N–H and O–H groups in total.